The number of rotatable bonds is 4. The summed E-state index contributed by atoms with van der Waals surface area (Å²) >= 11 is 3.57. The Labute approximate surface area is 164 Å². The molecule has 0 saturated carbocycles. The number of hydrogen-bond donors (Lipinski definition) is 1. The lowest BCUT2D eigenvalue weighted by molar-refractivity contribution is -0.132. The van der Waals surface area contributed by atoms with Crippen LogP contribution in [-0.4, -0.2) is 41.6 Å². The van der Waals surface area contributed by atoms with E-state index >= 15 is 0 Å². The number of hydrogen-bond acceptors (Lipinski definition) is 3. The van der Waals surface area contributed by atoms with Gasteiger partial charge in [0.15, 0.2) is 0 Å². The van der Waals surface area contributed by atoms with Crippen LogP contribution in [0.4, 0.5) is 4.79 Å². The Morgan fingerprint density at radius 1 is 1.27 bits per heavy atom. The van der Waals surface area contributed by atoms with Crippen LogP contribution in [0.15, 0.2) is 22.7 Å². The molecule has 0 atom stereocenters. The Balaban J connectivity index is 1.75. The number of nitrogens with zero attached hydrogens (tertiary/aromatic N) is 1. The van der Waals surface area contributed by atoms with E-state index in [-0.39, 0.29) is 18.0 Å². The average Bonchev–Trinajstić information content (AvgIpc) is 2.52. The fraction of sp³-hybridized carbons (Fsp3) is 0.600. The van der Waals surface area contributed by atoms with Crippen LogP contribution in [0.3, 0.4) is 0 Å². The van der Waals surface area contributed by atoms with E-state index in [0.717, 1.165) is 29.3 Å². The number of piperidine rings is 1. The summed E-state index contributed by atoms with van der Waals surface area (Å²) in [5.41, 5.74) is 1.86. The number of ether oxygens (including phenoxy) is 1. The summed E-state index contributed by atoms with van der Waals surface area (Å²) in [6.07, 6.45) is 2.38. The molecular weight excluding hydrogens is 396 g/mol. The summed E-state index contributed by atoms with van der Waals surface area (Å²) in [6, 6.07) is 6.29. The van der Waals surface area contributed by atoms with Crippen LogP contribution in [-0.2, 0) is 16.0 Å². The van der Waals surface area contributed by atoms with E-state index < -0.39 is 5.60 Å². The predicted molar refractivity (Wildman–Crippen MR) is 106 cm³/mol. The molecule has 1 fully saturated rings. The van der Waals surface area contributed by atoms with Crippen molar-refractivity contribution < 1.29 is 14.3 Å². The van der Waals surface area contributed by atoms with E-state index in [1.807, 2.05) is 25.7 Å². The fourth-order valence-electron chi connectivity index (χ4n) is 3.00. The van der Waals surface area contributed by atoms with Crippen molar-refractivity contribution in [1.29, 1.82) is 0 Å². The highest BCUT2D eigenvalue weighted by Crippen LogP contribution is 2.21. The van der Waals surface area contributed by atoms with Gasteiger partial charge < -0.3 is 15.0 Å². The second-order valence-electron chi connectivity index (χ2n) is 7.90. The van der Waals surface area contributed by atoms with Crippen molar-refractivity contribution in [3.8, 4) is 0 Å². The molecule has 0 unspecified atom stereocenters. The lowest BCUT2D eigenvalue weighted by Gasteiger charge is -2.33. The standard InChI is InChI=1S/C20H29BrN2O3/c1-14-5-6-15(17(21)13-14)7-8-18(24)23-11-9-16(10-12-23)22-19(25)26-20(2,3)4/h5-6,13,16H,7-12H2,1-4H3,(H,22,25). The zero-order chi connectivity index (χ0) is 19.3. The molecule has 0 bridgehead atoms. The summed E-state index contributed by atoms with van der Waals surface area (Å²) in [7, 11) is 0. The van der Waals surface area contributed by atoms with Gasteiger partial charge in [0.25, 0.3) is 0 Å². The van der Waals surface area contributed by atoms with Gasteiger partial charge in [-0.25, -0.2) is 4.79 Å². The first-order chi connectivity index (χ1) is 12.1. The van der Waals surface area contributed by atoms with Crippen molar-refractivity contribution in [2.75, 3.05) is 13.1 Å². The minimum Gasteiger partial charge on any atom is -0.444 e. The van der Waals surface area contributed by atoms with E-state index in [0.29, 0.717) is 19.5 Å². The van der Waals surface area contributed by atoms with Crippen molar-refractivity contribution in [3.63, 3.8) is 0 Å². The molecule has 0 spiro atoms. The molecule has 2 amide bonds. The Kier molecular flexibility index (Phi) is 7.09. The summed E-state index contributed by atoms with van der Waals surface area (Å²) in [5.74, 6) is 0.174. The van der Waals surface area contributed by atoms with Crippen LogP contribution in [0.5, 0.6) is 0 Å². The van der Waals surface area contributed by atoms with Gasteiger partial charge in [-0.2, -0.15) is 0 Å². The van der Waals surface area contributed by atoms with E-state index in [1.54, 1.807) is 0 Å². The molecule has 26 heavy (non-hydrogen) atoms. The SMILES string of the molecule is Cc1ccc(CCC(=O)N2CCC(NC(=O)OC(C)(C)C)CC2)c(Br)c1. The smallest absolute Gasteiger partial charge is 0.407 e. The molecule has 0 aliphatic carbocycles. The molecular formula is C20H29BrN2O3. The van der Waals surface area contributed by atoms with E-state index in [1.165, 1.54) is 5.56 Å². The first-order valence-corrected chi connectivity index (χ1v) is 9.95. The normalized spacial score (nSPS) is 15.7. The average molecular weight is 425 g/mol. The molecule has 0 aromatic heterocycles. The van der Waals surface area contributed by atoms with Gasteiger partial charge in [0.2, 0.25) is 5.91 Å². The van der Waals surface area contributed by atoms with Gasteiger partial charge >= 0.3 is 6.09 Å². The maximum atomic E-state index is 12.5. The second kappa shape index (κ2) is 8.89. The number of alkyl carbamates (subject to hydrolysis) is 1. The lowest BCUT2D eigenvalue weighted by Crippen LogP contribution is -2.47. The Bertz CT molecular complexity index is 647. The van der Waals surface area contributed by atoms with Crippen LogP contribution in [0.1, 0.15) is 51.2 Å². The third-order valence-corrected chi connectivity index (χ3v) is 5.12. The molecule has 2 rings (SSSR count). The Morgan fingerprint density at radius 3 is 2.50 bits per heavy atom. The van der Waals surface area contributed by atoms with Crippen molar-refractivity contribution in [2.45, 2.75) is 65.0 Å². The van der Waals surface area contributed by atoms with E-state index in [4.69, 9.17) is 4.74 Å². The molecule has 1 saturated heterocycles. The zero-order valence-corrected chi connectivity index (χ0v) is 17.7. The highest BCUT2D eigenvalue weighted by molar-refractivity contribution is 9.10. The molecule has 5 nitrogen and oxygen atoms in total. The van der Waals surface area contributed by atoms with Crippen LogP contribution >= 0.6 is 15.9 Å². The maximum absolute atomic E-state index is 12.5. The van der Waals surface area contributed by atoms with Gasteiger partial charge in [-0.1, -0.05) is 28.1 Å². The van der Waals surface area contributed by atoms with Crippen LogP contribution in [0.25, 0.3) is 0 Å². The van der Waals surface area contributed by atoms with Gasteiger partial charge in [-0.3, -0.25) is 4.79 Å². The minimum absolute atomic E-state index is 0.0696. The molecule has 1 aromatic rings. The predicted octanol–water partition coefficient (Wildman–Crippen LogP) is 4.21. The van der Waals surface area contributed by atoms with Crippen molar-refractivity contribution in [3.05, 3.63) is 33.8 Å². The molecule has 1 heterocycles. The minimum atomic E-state index is -0.495. The van der Waals surface area contributed by atoms with Crippen LogP contribution in [0.2, 0.25) is 0 Å². The van der Waals surface area contributed by atoms with Crippen LogP contribution < -0.4 is 5.32 Å². The van der Waals surface area contributed by atoms with Crippen molar-refractivity contribution in [2.24, 2.45) is 0 Å². The number of nitrogens with one attached hydrogen (secondary N) is 1. The molecule has 1 aliphatic rings. The molecule has 0 radical (unpaired) electrons. The largest absolute Gasteiger partial charge is 0.444 e. The molecule has 6 heteroatoms. The molecule has 1 aromatic carbocycles. The van der Waals surface area contributed by atoms with E-state index in [2.05, 4.69) is 46.4 Å². The maximum Gasteiger partial charge on any atom is 0.407 e. The monoisotopic (exact) mass is 424 g/mol. The molecule has 1 aliphatic heterocycles. The van der Waals surface area contributed by atoms with Gasteiger partial charge in [-0.05, 0) is 64.2 Å². The van der Waals surface area contributed by atoms with Crippen molar-refractivity contribution in [1.82, 2.24) is 10.2 Å². The quantitative estimate of drug-likeness (QED) is 0.787. The third-order valence-electron chi connectivity index (χ3n) is 4.39. The Morgan fingerprint density at radius 2 is 1.92 bits per heavy atom. The highest BCUT2D eigenvalue weighted by Gasteiger charge is 2.25. The number of amides is 2. The number of benzene rings is 1. The summed E-state index contributed by atoms with van der Waals surface area (Å²) in [5, 5.41) is 2.90. The lowest BCUT2D eigenvalue weighted by atomic mass is 10.0. The fourth-order valence-corrected chi connectivity index (χ4v) is 3.69. The van der Waals surface area contributed by atoms with Crippen molar-refractivity contribution >= 4 is 27.9 Å². The van der Waals surface area contributed by atoms with Gasteiger partial charge in [0, 0.05) is 30.0 Å². The number of likely N-dealkylation sites (tertiary alicyclic amines) is 1. The Hall–Kier alpha value is -1.56. The summed E-state index contributed by atoms with van der Waals surface area (Å²) in [4.78, 5) is 26.2. The van der Waals surface area contributed by atoms with E-state index in [9.17, 15) is 9.59 Å². The number of carbonyl (C=O) groups is 2. The summed E-state index contributed by atoms with van der Waals surface area (Å²) < 4.78 is 6.35. The molecule has 1 N–H and O–H groups in total. The van der Waals surface area contributed by atoms with Crippen LogP contribution in [0, 0.1) is 6.92 Å². The summed E-state index contributed by atoms with van der Waals surface area (Å²) in [6.45, 7) is 8.94. The topological polar surface area (TPSA) is 58.6 Å². The van der Waals surface area contributed by atoms with Gasteiger partial charge in [0.1, 0.15) is 5.60 Å². The number of carbonyl (C=O) groups excluding carboxylic acids is 2. The number of halogens is 1. The highest BCUT2D eigenvalue weighted by atomic mass is 79.9. The third kappa shape index (κ3) is 6.63. The second-order valence-corrected chi connectivity index (χ2v) is 8.75. The van der Waals surface area contributed by atoms with Gasteiger partial charge in [0.05, 0.1) is 0 Å². The first-order valence-electron chi connectivity index (χ1n) is 9.16. The first kappa shape index (κ1) is 20.7. The van der Waals surface area contributed by atoms with Gasteiger partial charge in [-0.15, -0.1) is 0 Å². The molecule has 144 valence electrons. The zero-order valence-electron chi connectivity index (χ0n) is 16.1. The number of aryl methyl sites for hydroxylation is 2.